The standard InChI is InChI=1S/C23H29Cl2N5O3S/c1-14-21(34-16-5-2-4-15(24)18(16)25)29-19(26-10-13-31)20(27-14)30-11-8-23(9-12-30)7-3-6-17(23)28-22(32)33/h2,4-5,17,28,31H,3,6-13H2,1H3,(H,26,29)(H,32,33)/t17-/m1/s1. The summed E-state index contributed by atoms with van der Waals surface area (Å²) in [4.78, 5) is 24.0. The van der Waals surface area contributed by atoms with Gasteiger partial charge in [-0.15, -0.1) is 0 Å². The predicted molar refractivity (Wildman–Crippen MR) is 136 cm³/mol. The number of aliphatic hydroxyl groups excluding tert-OH is 1. The van der Waals surface area contributed by atoms with Gasteiger partial charge in [-0.2, -0.15) is 0 Å². The highest BCUT2D eigenvalue weighted by molar-refractivity contribution is 7.99. The maximum Gasteiger partial charge on any atom is 0.404 e. The molecule has 4 rings (SSSR count). The van der Waals surface area contributed by atoms with Crippen molar-refractivity contribution in [2.24, 2.45) is 5.41 Å². The van der Waals surface area contributed by atoms with Crippen LogP contribution in [0.4, 0.5) is 16.4 Å². The maximum absolute atomic E-state index is 11.3. The van der Waals surface area contributed by atoms with E-state index in [-0.39, 0.29) is 18.1 Å². The van der Waals surface area contributed by atoms with Crippen LogP contribution in [0.5, 0.6) is 0 Å². The van der Waals surface area contributed by atoms with Crippen molar-refractivity contribution in [1.82, 2.24) is 15.3 Å². The summed E-state index contributed by atoms with van der Waals surface area (Å²) in [5, 5.41) is 26.3. The number of hydrogen-bond donors (Lipinski definition) is 4. The summed E-state index contributed by atoms with van der Waals surface area (Å²) in [5.41, 5.74) is 0.784. The Bertz CT molecular complexity index is 1050. The third-order valence-electron chi connectivity index (χ3n) is 6.80. The summed E-state index contributed by atoms with van der Waals surface area (Å²) < 4.78 is 0. The van der Waals surface area contributed by atoms with E-state index < -0.39 is 6.09 Å². The first-order chi connectivity index (χ1) is 16.3. The average Bonchev–Trinajstić information content (AvgIpc) is 3.18. The van der Waals surface area contributed by atoms with Gasteiger partial charge >= 0.3 is 6.09 Å². The maximum atomic E-state index is 11.3. The van der Waals surface area contributed by atoms with Crippen molar-refractivity contribution in [3.63, 3.8) is 0 Å². The van der Waals surface area contributed by atoms with Crippen LogP contribution in [-0.4, -0.2) is 58.6 Å². The molecule has 1 saturated carbocycles. The van der Waals surface area contributed by atoms with E-state index in [0.29, 0.717) is 27.4 Å². The van der Waals surface area contributed by atoms with Crippen LogP contribution in [0.3, 0.4) is 0 Å². The zero-order valence-corrected chi connectivity index (χ0v) is 21.3. The van der Waals surface area contributed by atoms with Gasteiger partial charge < -0.3 is 25.7 Å². The van der Waals surface area contributed by atoms with Gasteiger partial charge in [0.2, 0.25) is 0 Å². The summed E-state index contributed by atoms with van der Waals surface area (Å²) in [5.74, 6) is 1.37. The van der Waals surface area contributed by atoms with E-state index in [0.717, 1.165) is 61.6 Å². The van der Waals surface area contributed by atoms with Gasteiger partial charge in [0.15, 0.2) is 11.6 Å². The molecule has 1 saturated heterocycles. The van der Waals surface area contributed by atoms with Crippen molar-refractivity contribution < 1.29 is 15.0 Å². The number of piperidine rings is 1. The Morgan fingerprint density at radius 1 is 1.26 bits per heavy atom. The van der Waals surface area contributed by atoms with Crippen molar-refractivity contribution in [3.05, 3.63) is 33.9 Å². The highest BCUT2D eigenvalue weighted by Gasteiger charge is 2.45. The molecule has 0 radical (unpaired) electrons. The topological polar surface area (TPSA) is 111 Å². The second-order valence-corrected chi connectivity index (χ2v) is 10.7. The monoisotopic (exact) mass is 525 g/mol. The molecular formula is C23H29Cl2N5O3S. The number of nitrogens with one attached hydrogen (secondary N) is 2. The molecule has 4 N–H and O–H groups in total. The van der Waals surface area contributed by atoms with E-state index in [1.807, 2.05) is 19.1 Å². The van der Waals surface area contributed by atoms with Gasteiger partial charge in [-0.25, -0.2) is 14.8 Å². The molecular weight excluding hydrogens is 497 g/mol. The van der Waals surface area contributed by atoms with E-state index in [1.165, 1.54) is 11.8 Å². The van der Waals surface area contributed by atoms with Crippen LogP contribution in [0.15, 0.2) is 28.1 Å². The molecule has 34 heavy (non-hydrogen) atoms. The molecule has 2 aliphatic rings. The summed E-state index contributed by atoms with van der Waals surface area (Å²) in [6.07, 6.45) is 3.83. The van der Waals surface area contributed by atoms with Crippen LogP contribution < -0.4 is 15.5 Å². The third kappa shape index (κ3) is 5.32. The molecule has 184 valence electrons. The van der Waals surface area contributed by atoms with Crippen molar-refractivity contribution in [2.75, 3.05) is 36.5 Å². The number of halogens is 2. The smallest absolute Gasteiger partial charge is 0.404 e. The summed E-state index contributed by atoms with van der Waals surface area (Å²) >= 11 is 13.9. The van der Waals surface area contributed by atoms with Crippen molar-refractivity contribution in [1.29, 1.82) is 0 Å². The van der Waals surface area contributed by atoms with Gasteiger partial charge in [0.25, 0.3) is 0 Å². The van der Waals surface area contributed by atoms with E-state index in [9.17, 15) is 15.0 Å². The van der Waals surface area contributed by atoms with Gasteiger partial charge in [-0.1, -0.05) is 47.5 Å². The molecule has 1 aliphatic carbocycles. The summed E-state index contributed by atoms with van der Waals surface area (Å²) in [6, 6.07) is 5.49. The minimum atomic E-state index is -0.946. The van der Waals surface area contributed by atoms with Crippen LogP contribution >= 0.6 is 35.0 Å². The van der Waals surface area contributed by atoms with E-state index in [1.54, 1.807) is 6.07 Å². The van der Waals surface area contributed by atoms with Gasteiger partial charge in [0.05, 0.1) is 22.3 Å². The van der Waals surface area contributed by atoms with Crippen LogP contribution in [-0.2, 0) is 0 Å². The Labute approximate surface area is 213 Å². The molecule has 1 amide bonds. The van der Waals surface area contributed by atoms with Crippen LogP contribution in [0, 0.1) is 12.3 Å². The molecule has 0 unspecified atom stereocenters. The minimum absolute atomic E-state index is 0.00757. The minimum Gasteiger partial charge on any atom is -0.465 e. The lowest BCUT2D eigenvalue weighted by molar-refractivity contribution is 0.149. The Kier molecular flexibility index (Phi) is 7.97. The van der Waals surface area contributed by atoms with E-state index in [4.69, 9.17) is 33.2 Å². The number of anilines is 2. The first kappa shape index (κ1) is 25.2. The lowest BCUT2D eigenvalue weighted by Crippen LogP contribution is -2.50. The fraction of sp³-hybridized carbons (Fsp3) is 0.522. The SMILES string of the molecule is Cc1nc(N2CCC3(CCC[C@H]3NC(=O)O)CC2)c(NCCO)nc1Sc1cccc(Cl)c1Cl. The van der Waals surface area contributed by atoms with Gasteiger partial charge in [-0.3, -0.25) is 0 Å². The first-order valence-electron chi connectivity index (χ1n) is 11.4. The number of aliphatic hydroxyl groups is 1. The number of aromatic nitrogens is 2. The fourth-order valence-corrected chi connectivity index (χ4v) is 6.40. The Hall–Kier alpha value is -1.94. The van der Waals surface area contributed by atoms with Gasteiger partial charge in [0.1, 0.15) is 5.03 Å². The van der Waals surface area contributed by atoms with Crippen LogP contribution in [0.25, 0.3) is 0 Å². The zero-order valence-electron chi connectivity index (χ0n) is 19.0. The highest BCUT2D eigenvalue weighted by atomic mass is 35.5. The highest BCUT2D eigenvalue weighted by Crippen LogP contribution is 2.47. The molecule has 2 aromatic rings. The molecule has 8 nitrogen and oxygen atoms in total. The van der Waals surface area contributed by atoms with Crippen molar-refractivity contribution >= 4 is 52.7 Å². The normalized spacial score (nSPS) is 19.4. The van der Waals surface area contributed by atoms with Gasteiger partial charge in [0, 0.05) is 30.6 Å². The average molecular weight is 526 g/mol. The number of carbonyl (C=O) groups is 1. The van der Waals surface area contributed by atoms with E-state index >= 15 is 0 Å². The Morgan fingerprint density at radius 2 is 2.03 bits per heavy atom. The number of benzene rings is 1. The molecule has 0 bridgehead atoms. The third-order valence-corrected chi connectivity index (χ3v) is 8.87. The number of rotatable bonds is 7. The molecule has 1 atom stereocenters. The lowest BCUT2D eigenvalue weighted by atomic mass is 9.74. The number of hydrogen-bond acceptors (Lipinski definition) is 7. The Morgan fingerprint density at radius 3 is 2.74 bits per heavy atom. The van der Waals surface area contributed by atoms with Crippen molar-refractivity contribution in [3.8, 4) is 0 Å². The second kappa shape index (κ2) is 10.8. The molecule has 1 spiro atoms. The molecule has 1 aromatic heterocycles. The van der Waals surface area contributed by atoms with Gasteiger partial charge in [-0.05, 0) is 50.2 Å². The fourth-order valence-electron chi connectivity index (χ4n) is 5.04. The quantitative estimate of drug-likeness (QED) is 0.397. The molecule has 2 fully saturated rings. The summed E-state index contributed by atoms with van der Waals surface area (Å²) in [7, 11) is 0. The first-order valence-corrected chi connectivity index (χ1v) is 13.0. The van der Waals surface area contributed by atoms with Crippen LogP contribution in [0.2, 0.25) is 10.0 Å². The molecule has 2 heterocycles. The zero-order chi connectivity index (χ0) is 24.3. The largest absolute Gasteiger partial charge is 0.465 e. The molecule has 11 heteroatoms. The predicted octanol–water partition coefficient (Wildman–Crippen LogP) is 5.05. The van der Waals surface area contributed by atoms with Crippen LogP contribution in [0.1, 0.15) is 37.8 Å². The second-order valence-electron chi connectivity index (χ2n) is 8.83. The number of aryl methyl sites for hydroxylation is 1. The molecule has 1 aliphatic heterocycles. The van der Waals surface area contributed by atoms with E-state index in [2.05, 4.69) is 15.5 Å². The van der Waals surface area contributed by atoms with Crippen molar-refractivity contribution in [2.45, 2.75) is 55.0 Å². The molecule has 1 aromatic carbocycles. The number of nitrogens with zero attached hydrogens (tertiary/aromatic N) is 3. The number of carboxylic acid groups (broad SMARTS) is 1. The summed E-state index contributed by atoms with van der Waals surface area (Å²) in [6.45, 7) is 3.79. The number of amides is 1. The lowest BCUT2D eigenvalue weighted by Gasteiger charge is -2.43. The Balaban J connectivity index is 1.56.